The zero-order chi connectivity index (χ0) is 41.6. The van der Waals surface area contributed by atoms with Gasteiger partial charge in [0.25, 0.3) is 11.7 Å². The molecule has 0 aliphatic heterocycles. The zero-order valence-electron chi connectivity index (χ0n) is 30.4. The molecule has 0 radical (unpaired) electrons. The number of nitro benzene ring substituents is 2. The number of nitroso groups, excluding NO2 is 1. The normalized spacial score (nSPS) is 14.2. The number of nitrogens with two attached hydrogens (primary N) is 1. The van der Waals surface area contributed by atoms with Gasteiger partial charge in [0.2, 0.25) is 29.5 Å². The van der Waals surface area contributed by atoms with E-state index in [2.05, 4.69) is 26.4 Å². The molecule has 6 amide bonds. The highest BCUT2D eigenvalue weighted by molar-refractivity contribution is 5.96. The molecule has 0 aromatic heterocycles. The van der Waals surface area contributed by atoms with Crippen LogP contribution >= 0.6 is 0 Å². The van der Waals surface area contributed by atoms with E-state index in [4.69, 9.17) is 5.73 Å². The first-order valence-corrected chi connectivity index (χ1v) is 17.0. The third kappa shape index (κ3) is 13.8. The predicted molar refractivity (Wildman–Crippen MR) is 193 cm³/mol. The molecular weight excluding hydrogens is 728 g/mol. The van der Waals surface area contributed by atoms with Gasteiger partial charge in [0.05, 0.1) is 16.0 Å². The van der Waals surface area contributed by atoms with Crippen LogP contribution in [0.4, 0.5) is 11.4 Å². The van der Waals surface area contributed by atoms with Crippen molar-refractivity contribution >= 4 is 46.8 Å². The SMILES string of the molecule is CC(C)C[C@H](NC(=O)[C@@H](NC(=O)[C@H](CCC(=O)N=O)NC(=O)[C@H](Cc1cc([N+](=O)[O-])c(O)c([N+](=O)[O-])c1)NC(=O)CC(C)c1ccccc1)[C@@H](C)O)C(N)=O. The van der Waals surface area contributed by atoms with Gasteiger partial charge in [-0.15, -0.1) is 4.91 Å². The van der Waals surface area contributed by atoms with E-state index in [1.165, 1.54) is 0 Å². The summed E-state index contributed by atoms with van der Waals surface area (Å²) >= 11 is 0. The molecule has 1 unspecified atom stereocenters. The zero-order valence-corrected chi connectivity index (χ0v) is 30.4. The van der Waals surface area contributed by atoms with Crippen LogP contribution < -0.4 is 27.0 Å². The molecule has 0 fully saturated rings. The van der Waals surface area contributed by atoms with Gasteiger partial charge < -0.3 is 37.2 Å². The Balaban J connectivity index is 2.51. The van der Waals surface area contributed by atoms with Crippen molar-refractivity contribution in [3.8, 4) is 5.75 Å². The molecule has 0 bridgehead atoms. The van der Waals surface area contributed by atoms with E-state index in [0.29, 0.717) is 0 Å². The fourth-order valence-electron chi connectivity index (χ4n) is 5.43. The van der Waals surface area contributed by atoms with Crippen molar-refractivity contribution < 1.29 is 48.8 Å². The second kappa shape index (κ2) is 20.8. The second-order valence-electron chi connectivity index (χ2n) is 13.2. The van der Waals surface area contributed by atoms with Crippen LogP contribution in [0.5, 0.6) is 5.75 Å². The monoisotopic (exact) mass is 772 g/mol. The van der Waals surface area contributed by atoms with E-state index in [1.54, 1.807) is 51.1 Å². The van der Waals surface area contributed by atoms with Crippen molar-refractivity contribution in [1.29, 1.82) is 0 Å². The topological polar surface area (TPSA) is 333 Å². The molecule has 21 heteroatoms. The van der Waals surface area contributed by atoms with Gasteiger partial charge in [-0.2, -0.15) is 0 Å². The van der Waals surface area contributed by atoms with Gasteiger partial charge in [0, 0.05) is 36.6 Å². The quantitative estimate of drug-likeness (QED) is 0.0527. The Morgan fingerprint density at radius 2 is 1.36 bits per heavy atom. The van der Waals surface area contributed by atoms with Crippen LogP contribution in [0, 0.1) is 31.1 Å². The van der Waals surface area contributed by atoms with E-state index in [9.17, 15) is 64.1 Å². The summed E-state index contributed by atoms with van der Waals surface area (Å²) in [6, 6.07) is 3.88. The second-order valence-corrected chi connectivity index (χ2v) is 13.2. The molecule has 0 heterocycles. The minimum Gasteiger partial charge on any atom is -0.497 e. The van der Waals surface area contributed by atoms with Crippen LogP contribution in [-0.4, -0.2) is 85.8 Å². The number of hydrogen-bond acceptors (Lipinski definition) is 13. The maximum Gasteiger partial charge on any atom is 0.318 e. The summed E-state index contributed by atoms with van der Waals surface area (Å²) in [5, 5.41) is 55.3. The number of phenolic OH excluding ortho intramolecular Hbond substituents is 1. The third-order valence-corrected chi connectivity index (χ3v) is 8.29. The third-order valence-electron chi connectivity index (χ3n) is 8.29. The van der Waals surface area contributed by atoms with Crippen LogP contribution in [0.1, 0.15) is 70.4 Å². The summed E-state index contributed by atoms with van der Waals surface area (Å²) in [5.74, 6) is -7.95. The van der Waals surface area contributed by atoms with E-state index in [0.717, 1.165) is 24.6 Å². The summed E-state index contributed by atoms with van der Waals surface area (Å²) in [4.78, 5) is 109. The smallest absolute Gasteiger partial charge is 0.318 e. The molecule has 2 aromatic carbocycles. The van der Waals surface area contributed by atoms with Crippen molar-refractivity contribution in [2.75, 3.05) is 0 Å². The number of nitrogens with one attached hydrogen (secondary N) is 4. The fraction of sp³-hybridized carbons (Fsp3) is 0.471. The fourth-order valence-corrected chi connectivity index (χ4v) is 5.43. The maximum atomic E-state index is 13.9. The first-order valence-electron chi connectivity index (χ1n) is 17.0. The Bertz CT molecular complexity index is 1730. The van der Waals surface area contributed by atoms with E-state index in [1.807, 2.05) is 0 Å². The molecular formula is C34H44N8O13. The molecule has 0 saturated heterocycles. The maximum absolute atomic E-state index is 13.9. The first-order chi connectivity index (χ1) is 25.7. The number of carbonyl (C=O) groups excluding carboxylic acids is 6. The van der Waals surface area contributed by atoms with Gasteiger partial charge in [0.1, 0.15) is 24.2 Å². The summed E-state index contributed by atoms with van der Waals surface area (Å²) in [6.07, 6.45) is -3.63. The van der Waals surface area contributed by atoms with Crippen molar-refractivity contribution in [2.24, 2.45) is 16.8 Å². The Kier molecular flexibility index (Phi) is 16.9. The average Bonchev–Trinajstić information content (AvgIpc) is 3.11. The van der Waals surface area contributed by atoms with Crippen LogP contribution in [0.2, 0.25) is 0 Å². The molecule has 55 heavy (non-hydrogen) atoms. The number of phenols is 1. The van der Waals surface area contributed by atoms with E-state index in [-0.39, 0.29) is 30.2 Å². The molecule has 6 atom stereocenters. The largest absolute Gasteiger partial charge is 0.497 e. The van der Waals surface area contributed by atoms with Crippen molar-refractivity contribution in [3.05, 3.63) is 78.7 Å². The summed E-state index contributed by atoms with van der Waals surface area (Å²) in [5.41, 5.74) is 3.76. The molecule has 2 aromatic rings. The Hall–Kier alpha value is -6.38. The first kappa shape index (κ1) is 44.8. The van der Waals surface area contributed by atoms with E-state index < -0.39 is 112 Å². The van der Waals surface area contributed by atoms with Crippen LogP contribution in [0.3, 0.4) is 0 Å². The summed E-state index contributed by atoms with van der Waals surface area (Å²) in [7, 11) is 0. The number of aromatic hydroxyl groups is 1. The van der Waals surface area contributed by atoms with Crippen molar-refractivity contribution in [3.63, 3.8) is 0 Å². The molecule has 8 N–H and O–H groups in total. The lowest BCUT2D eigenvalue weighted by atomic mass is 9.97. The number of aliphatic hydroxyl groups is 1. The summed E-state index contributed by atoms with van der Waals surface area (Å²) in [6.45, 7) is 6.36. The lowest BCUT2D eigenvalue weighted by molar-refractivity contribution is -0.396. The lowest BCUT2D eigenvalue weighted by Crippen LogP contribution is -2.60. The number of amides is 6. The number of nitrogens with zero attached hydrogens (tertiary/aromatic N) is 3. The summed E-state index contributed by atoms with van der Waals surface area (Å²) < 4.78 is 0. The lowest BCUT2D eigenvalue weighted by Gasteiger charge is -2.27. The minimum absolute atomic E-state index is 0.102. The molecule has 21 nitrogen and oxygen atoms in total. The number of carbonyl (C=O) groups is 6. The average molecular weight is 773 g/mol. The van der Waals surface area contributed by atoms with Crippen molar-refractivity contribution in [2.45, 2.75) is 96.0 Å². The van der Waals surface area contributed by atoms with Gasteiger partial charge >= 0.3 is 11.4 Å². The minimum atomic E-state index is -1.76. The van der Waals surface area contributed by atoms with Gasteiger partial charge in [-0.05, 0) is 42.7 Å². The highest BCUT2D eigenvalue weighted by atomic mass is 16.6. The number of hydrogen-bond donors (Lipinski definition) is 7. The van der Waals surface area contributed by atoms with Crippen LogP contribution in [0.15, 0.2) is 47.6 Å². The molecule has 0 aliphatic carbocycles. The number of aliphatic hydroxyl groups excluding tert-OH is 1. The van der Waals surface area contributed by atoms with Gasteiger partial charge in [0.15, 0.2) is 0 Å². The van der Waals surface area contributed by atoms with Crippen LogP contribution in [0.25, 0.3) is 0 Å². The van der Waals surface area contributed by atoms with E-state index >= 15 is 0 Å². The molecule has 0 spiro atoms. The van der Waals surface area contributed by atoms with Gasteiger partial charge in [-0.25, -0.2) is 0 Å². The number of rotatable bonds is 21. The standard InChI is InChI=1S/C34H44N8O13/c1-17(2)12-23(31(35)47)38-34(50)29(19(4)43)39-32(48)22(10-11-27(44)40-51)37-33(49)24(36-28(45)13-18(3)21-8-6-5-7-9-21)14-20-15-25(41(52)53)30(46)26(16-20)42(54)55/h5-9,15-19,22-24,29,43,46H,10-14H2,1-4H3,(H2,35,47)(H,36,45)(H,37,49)(H,38,50)(H,39,48)/t18?,19-,22+,23+,24+,29+/m1/s1. The molecule has 0 saturated carbocycles. The van der Waals surface area contributed by atoms with Crippen molar-refractivity contribution in [1.82, 2.24) is 21.3 Å². The number of primary amides is 1. The Labute approximate surface area is 314 Å². The number of nitro groups is 2. The Morgan fingerprint density at radius 1 is 0.818 bits per heavy atom. The van der Waals surface area contributed by atoms with Crippen LogP contribution in [-0.2, 0) is 35.2 Å². The molecule has 2 rings (SSSR count). The highest BCUT2D eigenvalue weighted by Gasteiger charge is 2.35. The predicted octanol–water partition coefficient (Wildman–Crippen LogP) is 0.870. The van der Waals surface area contributed by atoms with Gasteiger partial charge in [-0.1, -0.05) is 51.1 Å². The molecule has 0 aliphatic rings. The van der Waals surface area contributed by atoms with Gasteiger partial charge in [-0.3, -0.25) is 49.0 Å². The number of benzene rings is 2. The highest BCUT2D eigenvalue weighted by Crippen LogP contribution is 2.37. The molecule has 298 valence electrons. The Morgan fingerprint density at radius 3 is 1.85 bits per heavy atom.